The summed E-state index contributed by atoms with van der Waals surface area (Å²) in [4.78, 5) is 10.9. The quantitative estimate of drug-likeness (QED) is 0.401. The first-order chi connectivity index (χ1) is 5.66. The van der Waals surface area contributed by atoms with Gasteiger partial charge in [-0.2, -0.15) is 0 Å². The fourth-order valence-corrected chi connectivity index (χ4v) is 1.14. The van der Waals surface area contributed by atoms with Crippen molar-refractivity contribution in [1.82, 2.24) is 0 Å². The van der Waals surface area contributed by atoms with E-state index in [0.29, 0.717) is 17.5 Å². The Kier molecular flexibility index (Phi) is 4.83. The second kappa shape index (κ2) is 5.11. The first-order valence-electron chi connectivity index (χ1n) is 3.96. The average molecular weight is 170 g/mol. The van der Waals surface area contributed by atoms with Crippen molar-refractivity contribution < 1.29 is 28.8 Å². The van der Waals surface area contributed by atoms with Gasteiger partial charge in [0.15, 0.2) is 5.78 Å². The minimum absolute atomic E-state index is 0. The van der Waals surface area contributed by atoms with Gasteiger partial charge in [-0.25, -0.2) is 0 Å². The first-order valence-corrected chi connectivity index (χ1v) is 3.96. The molecule has 3 heteroatoms. The molecule has 13 heavy (non-hydrogen) atoms. The minimum atomic E-state index is -0.157. The number of benzene rings is 1. The van der Waals surface area contributed by atoms with Gasteiger partial charge in [0.2, 0.25) is 0 Å². The molecule has 0 fully saturated rings. The topological polar surface area (TPSA) is 40.1 Å². The maximum Gasteiger partial charge on any atom is 1.00 e. The van der Waals surface area contributed by atoms with Crippen molar-refractivity contribution in [2.45, 2.75) is 20.3 Å². The van der Waals surface area contributed by atoms with Crippen molar-refractivity contribution >= 4 is 5.78 Å². The molecule has 0 aliphatic carbocycles. The van der Waals surface area contributed by atoms with E-state index >= 15 is 0 Å². The monoisotopic (exact) mass is 170 g/mol. The normalized spacial score (nSPS) is 9.08. The summed E-state index contributed by atoms with van der Waals surface area (Å²) in [5.74, 6) is -0.275. The maximum atomic E-state index is 11.4. The Hall–Kier alpha value is -0.713. The number of hydrogen-bond acceptors (Lipinski definition) is 2. The fraction of sp³-hybridized carbons (Fsp3) is 0.300. The number of para-hydroxylation sites is 1. The van der Waals surface area contributed by atoms with Crippen LogP contribution in [0, 0.1) is 0 Å². The predicted molar refractivity (Wildman–Crippen MR) is 45.3 cm³/mol. The van der Waals surface area contributed by atoms with E-state index in [1.807, 2.05) is 6.92 Å². The Labute approximate surface area is 90.1 Å². The van der Waals surface area contributed by atoms with E-state index in [2.05, 4.69) is 0 Å². The van der Waals surface area contributed by atoms with Crippen LogP contribution in [0.3, 0.4) is 0 Å². The largest absolute Gasteiger partial charge is 1.00 e. The number of carbonyl (C=O) groups is 1. The molecule has 64 valence electrons. The zero-order valence-corrected chi connectivity index (χ0v) is 8.26. The fourth-order valence-electron chi connectivity index (χ4n) is 1.14. The van der Waals surface area contributed by atoms with Gasteiger partial charge in [-0.15, -0.1) is 0 Å². The summed E-state index contributed by atoms with van der Waals surface area (Å²) in [7, 11) is 0. The van der Waals surface area contributed by atoms with E-state index in [-0.39, 0.29) is 30.4 Å². The molecule has 0 radical (unpaired) electrons. The molecule has 0 N–H and O–H groups in total. The summed E-state index contributed by atoms with van der Waals surface area (Å²) in [5, 5.41) is 11.4. The number of ketones is 1. The molecule has 1 rings (SSSR count). The van der Waals surface area contributed by atoms with E-state index in [9.17, 15) is 9.90 Å². The van der Waals surface area contributed by atoms with Crippen molar-refractivity contribution in [3.05, 3.63) is 29.3 Å². The van der Waals surface area contributed by atoms with Crippen molar-refractivity contribution in [3.8, 4) is 5.75 Å². The van der Waals surface area contributed by atoms with E-state index in [0.717, 1.165) is 0 Å². The number of aryl methyl sites for hydroxylation is 1. The summed E-state index contributed by atoms with van der Waals surface area (Å²) in [6, 6.07) is 5.08. The van der Waals surface area contributed by atoms with Crippen LogP contribution in [-0.4, -0.2) is 5.78 Å². The van der Waals surface area contributed by atoms with Gasteiger partial charge in [-0.05, 0) is 13.3 Å². The van der Waals surface area contributed by atoms with Gasteiger partial charge < -0.3 is 5.11 Å². The van der Waals surface area contributed by atoms with Crippen LogP contribution < -0.4 is 24.0 Å². The summed E-state index contributed by atoms with van der Waals surface area (Å²) in [6.45, 7) is 3.32. The molecule has 0 unspecified atom stereocenters. The molecule has 0 atom stereocenters. The molecule has 2 nitrogen and oxygen atoms in total. The van der Waals surface area contributed by atoms with Crippen LogP contribution in [0.15, 0.2) is 18.2 Å². The molecule has 0 amide bonds. The number of hydrogen-bond donors (Lipinski definition) is 0. The van der Waals surface area contributed by atoms with Crippen LogP contribution in [0.5, 0.6) is 5.75 Å². The molecular weight excluding hydrogens is 159 g/mol. The minimum Gasteiger partial charge on any atom is -0.872 e. The Bertz CT molecular complexity index is 308. The van der Waals surface area contributed by atoms with Crippen molar-refractivity contribution in [2.75, 3.05) is 0 Å². The predicted octanol–water partition coefficient (Wildman–Crippen LogP) is -1.47. The standard InChI is InChI=1S/C10H12O2.Li/c1-3-8-5-4-6-9(7(2)11)10(8)12;/h4-6,12H,3H2,1-2H3;/q;+1/p-1. The van der Waals surface area contributed by atoms with Crippen LogP contribution in [0.2, 0.25) is 0 Å². The van der Waals surface area contributed by atoms with Crippen molar-refractivity contribution in [2.24, 2.45) is 0 Å². The van der Waals surface area contributed by atoms with E-state index < -0.39 is 0 Å². The maximum absolute atomic E-state index is 11.4. The van der Waals surface area contributed by atoms with Gasteiger partial charge >= 0.3 is 18.9 Å². The molecule has 0 heterocycles. The van der Waals surface area contributed by atoms with Gasteiger partial charge in [-0.1, -0.05) is 36.4 Å². The molecule has 0 saturated carbocycles. The molecule has 1 aromatic rings. The molecule has 1 aromatic carbocycles. The van der Waals surface area contributed by atoms with Crippen molar-refractivity contribution in [3.63, 3.8) is 0 Å². The van der Waals surface area contributed by atoms with Crippen LogP contribution in [0.1, 0.15) is 29.8 Å². The zero-order chi connectivity index (χ0) is 9.14. The van der Waals surface area contributed by atoms with Gasteiger partial charge in [0.05, 0.1) is 0 Å². The van der Waals surface area contributed by atoms with Gasteiger partial charge in [0, 0.05) is 5.56 Å². The first kappa shape index (κ1) is 12.3. The third kappa shape index (κ3) is 2.62. The van der Waals surface area contributed by atoms with Crippen LogP contribution in [0.4, 0.5) is 0 Å². The third-order valence-electron chi connectivity index (χ3n) is 1.86. The van der Waals surface area contributed by atoms with Crippen LogP contribution in [0.25, 0.3) is 0 Å². The van der Waals surface area contributed by atoms with E-state index in [1.54, 1.807) is 18.2 Å². The van der Waals surface area contributed by atoms with Crippen LogP contribution >= 0.6 is 0 Å². The van der Waals surface area contributed by atoms with Gasteiger partial charge in [0.1, 0.15) is 0 Å². The molecule has 0 bridgehead atoms. The Morgan fingerprint density at radius 2 is 2.08 bits per heavy atom. The van der Waals surface area contributed by atoms with Gasteiger partial charge in [0.25, 0.3) is 0 Å². The average Bonchev–Trinajstić information content (AvgIpc) is 2.04. The van der Waals surface area contributed by atoms with E-state index in [1.165, 1.54) is 6.92 Å². The molecular formula is C10H11LiO2. The molecule has 0 aliphatic heterocycles. The van der Waals surface area contributed by atoms with Gasteiger partial charge in [-0.3, -0.25) is 4.79 Å². The second-order valence-electron chi connectivity index (χ2n) is 2.70. The number of Topliss-reactive ketones (excluding diaryl/α,β-unsaturated/α-hetero) is 1. The van der Waals surface area contributed by atoms with Crippen LogP contribution in [-0.2, 0) is 6.42 Å². The Morgan fingerprint density at radius 3 is 2.54 bits per heavy atom. The summed E-state index contributed by atoms with van der Waals surface area (Å²) in [5.41, 5.74) is 1.01. The zero-order valence-electron chi connectivity index (χ0n) is 8.26. The Balaban J connectivity index is 0.00000144. The second-order valence-corrected chi connectivity index (χ2v) is 2.70. The van der Waals surface area contributed by atoms with Crippen molar-refractivity contribution in [1.29, 1.82) is 0 Å². The summed E-state index contributed by atoms with van der Waals surface area (Å²) in [6.07, 6.45) is 0.681. The Morgan fingerprint density at radius 1 is 1.46 bits per heavy atom. The molecule has 0 spiro atoms. The summed E-state index contributed by atoms with van der Waals surface area (Å²) >= 11 is 0. The van der Waals surface area contributed by atoms with E-state index in [4.69, 9.17) is 0 Å². The molecule has 0 saturated heterocycles. The number of carbonyl (C=O) groups excluding carboxylic acids is 1. The number of rotatable bonds is 2. The summed E-state index contributed by atoms with van der Waals surface area (Å²) < 4.78 is 0. The SMILES string of the molecule is CCc1cccc(C(C)=O)c1[O-].[Li+]. The molecule has 0 aliphatic rings. The smallest absolute Gasteiger partial charge is 0.872 e. The molecule has 0 aromatic heterocycles. The third-order valence-corrected chi connectivity index (χ3v) is 1.86.